The molecule has 0 radical (unpaired) electrons. The summed E-state index contributed by atoms with van der Waals surface area (Å²) in [6.45, 7) is 2.23. The van der Waals surface area contributed by atoms with Crippen LogP contribution in [0.2, 0.25) is 0 Å². The molecule has 2 rings (SSSR count). The highest BCUT2D eigenvalue weighted by atomic mass is 16.5. The van der Waals surface area contributed by atoms with Gasteiger partial charge in [0, 0.05) is 12.1 Å². The number of nitrogens with one attached hydrogen (secondary N) is 2. The summed E-state index contributed by atoms with van der Waals surface area (Å²) in [6, 6.07) is 16.5. The Labute approximate surface area is 170 Å². The normalized spacial score (nSPS) is 10.1. The lowest BCUT2D eigenvalue weighted by Gasteiger charge is -2.08. The number of carbonyl (C=O) groups excluding carboxylic acids is 3. The summed E-state index contributed by atoms with van der Waals surface area (Å²) in [6.07, 6.45) is 1.65. The quantitative estimate of drug-likeness (QED) is 0.447. The van der Waals surface area contributed by atoms with E-state index in [-0.39, 0.29) is 19.1 Å². The van der Waals surface area contributed by atoms with E-state index in [1.807, 2.05) is 37.3 Å². The number of benzene rings is 2. The number of hydrogen-bond acceptors (Lipinski definition) is 5. The van der Waals surface area contributed by atoms with Crippen molar-refractivity contribution in [2.75, 3.05) is 26.3 Å². The number of ether oxygens (including phenoxy) is 2. The van der Waals surface area contributed by atoms with Crippen LogP contribution in [0.3, 0.4) is 0 Å². The van der Waals surface area contributed by atoms with E-state index < -0.39 is 11.9 Å². The molecule has 2 aromatic carbocycles. The molecule has 0 aliphatic rings. The Morgan fingerprint density at radius 2 is 1.66 bits per heavy atom. The summed E-state index contributed by atoms with van der Waals surface area (Å²) >= 11 is 0. The fourth-order valence-corrected chi connectivity index (χ4v) is 2.54. The van der Waals surface area contributed by atoms with Crippen molar-refractivity contribution in [3.8, 4) is 5.75 Å². The van der Waals surface area contributed by atoms with Gasteiger partial charge in [-0.3, -0.25) is 14.4 Å². The standard InChI is InChI=1S/C22H26N2O5/c1-2-28-19-12-10-18(11-13-19)22(27)24-15-21(26)29-16-20(25)23-14-6-9-17-7-4-3-5-8-17/h3-5,7-8,10-13H,2,6,9,14-16H2,1H3,(H,23,25)(H,24,27). The predicted molar refractivity (Wildman–Crippen MR) is 109 cm³/mol. The number of esters is 1. The van der Waals surface area contributed by atoms with Crippen LogP contribution < -0.4 is 15.4 Å². The van der Waals surface area contributed by atoms with Crippen molar-refractivity contribution in [3.05, 3.63) is 65.7 Å². The van der Waals surface area contributed by atoms with Gasteiger partial charge in [-0.15, -0.1) is 0 Å². The number of amides is 2. The smallest absolute Gasteiger partial charge is 0.325 e. The van der Waals surface area contributed by atoms with Gasteiger partial charge in [0.2, 0.25) is 0 Å². The molecule has 0 spiro atoms. The van der Waals surface area contributed by atoms with E-state index in [4.69, 9.17) is 9.47 Å². The predicted octanol–water partition coefficient (Wildman–Crippen LogP) is 2.11. The van der Waals surface area contributed by atoms with Crippen molar-refractivity contribution in [2.45, 2.75) is 19.8 Å². The number of hydrogen-bond donors (Lipinski definition) is 2. The molecule has 2 N–H and O–H groups in total. The highest BCUT2D eigenvalue weighted by Gasteiger charge is 2.11. The van der Waals surface area contributed by atoms with E-state index in [9.17, 15) is 14.4 Å². The number of carbonyl (C=O) groups is 3. The zero-order chi connectivity index (χ0) is 20.9. The SMILES string of the molecule is CCOc1ccc(C(=O)NCC(=O)OCC(=O)NCCCc2ccccc2)cc1. The van der Waals surface area contributed by atoms with Crippen molar-refractivity contribution >= 4 is 17.8 Å². The van der Waals surface area contributed by atoms with Gasteiger partial charge in [-0.25, -0.2) is 0 Å². The van der Waals surface area contributed by atoms with E-state index in [1.165, 1.54) is 5.56 Å². The number of rotatable bonds is 11. The topological polar surface area (TPSA) is 93.7 Å². The average molecular weight is 398 g/mol. The van der Waals surface area contributed by atoms with Gasteiger partial charge in [0.05, 0.1) is 6.61 Å². The second-order valence-corrected chi connectivity index (χ2v) is 6.24. The molecule has 0 aliphatic heterocycles. The van der Waals surface area contributed by atoms with Gasteiger partial charge >= 0.3 is 5.97 Å². The van der Waals surface area contributed by atoms with E-state index in [1.54, 1.807) is 24.3 Å². The molecule has 2 aromatic rings. The maximum absolute atomic E-state index is 12.0. The first-order valence-electron chi connectivity index (χ1n) is 9.55. The van der Waals surface area contributed by atoms with Gasteiger partial charge < -0.3 is 20.1 Å². The van der Waals surface area contributed by atoms with Crippen molar-refractivity contribution < 1.29 is 23.9 Å². The van der Waals surface area contributed by atoms with Crippen molar-refractivity contribution in [1.29, 1.82) is 0 Å². The largest absolute Gasteiger partial charge is 0.494 e. The molecular formula is C22H26N2O5. The second kappa shape index (κ2) is 12.2. The fourth-order valence-electron chi connectivity index (χ4n) is 2.54. The summed E-state index contributed by atoms with van der Waals surface area (Å²) in [7, 11) is 0. The molecule has 7 nitrogen and oxygen atoms in total. The van der Waals surface area contributed by atoms with Gasteiger partial charge in [0.15, 0.2) is 6.61 Å². The lowest BCUT2D eigenvalue weighted by molar-refractivity contribution is -0.147. The maximum Gasteiger partial charge on any atom is 0.325 e. The van der Waals surface area contributed by atoms with Crippen LogP contribution in [0.1, 0.15) is 29.3 Å². The molecule has 0 bridgehead atoms. The van der Waals surface area contributed by atoms with Crippen LogP contribution in [0.5, 0.6) is 5.75 Å². The van der Waals surface area contributed by atoms with Crippen LogP contribution in [0, 0.1) is 0 Å². The molecule has 0 aliphatic carbocycles. The zero-order valence-corrected chi connectivity index (χ0v) is 16.5. The lowest BCUT2D eigenvalue weighted by Crippen LogP contribution is -2.34. The lowest BCUT2D eigenvalue weighted by atomic mass is 10.1. The molecule has 0 heterocycles. The monoisotopic (exact) mass is 398 g/mol. The Kier molecular flexibility index (Phi) is 9.21. The molecule has 2 amide bonds. The molecule has 7 heteroatoms. The minimum Gasteiger partial charge on any atom is -0.494 e. The summed E-state index contributed by atoms with van der Waals surface area (Å²) in [5, 5.41) is 5.16. The highest BCUT2D eigenvalue weighted by molar-refractivity contribution is 5.96. The molecular weight excluding hydrogens is 372 g/mol. The average Bonchev–Trinajstić information content (AvgIpc) is 2.75. The zero-order valence-electron chi connectivity index (χ0n) is 16.5. The van der Waals surface area contributed by atoms with Gasteiger partial charge in [-0.05, 0) is 49.6 Å². The third-order valence-corrected chi connectivity index (χ3v) is 3.99. The Bertz CT molecular complexity index is 791. The third kappa shape index (κ3) is 8.47. The molecule has 0 unspecified atom stereocenters. The van der Waals surface area contributed by atoms with Crippen LogP contribution in [0.25, 0.3) is 0 Å². The summed E-state index contributed by atoms with van der Waals surface area (Å²) < 4.78 is 10.2. The Balaban J connectivity index is 1.58. The van der Waals surface area contributed by atoms with Crippen molar-refractivity contribution in [3.63, 3.8) is 0 Å². The van der Waals surface area contributed by atoms with Gasteiger partial charge in [-0.2, -0.15) is 0 Å². The highest BCUT2D eigenvalue weighted by Crippen LogP contribution is 2.11. The van der Waals surface area contributed by atoms with E-state index in [0.717, 1.165) is 12.8 Å². The molecule has 29 heavy (non-hydrogen) atoms. The number of aryl methyl sites for hydroxylation is 1. The Hall–Kier alpha value is -3.35. The molecule has 0 saturated carbocycles. The second-order valence-electron chi connectivity index (χ2n) is 6.24. The van der Waals surface area contributed by atoms with Crippen LogP contribution >= 0.6 is 0 Å². The van der Waals surface area contributed by atoms with Crippen molar-refractivity contribution in [1.82, 2.24) is 10.6 Å². The minimum atomic E-state index is -0.677. The molecule has 0 fully saturated rings. The van der Waals surface area contributed by atoms with Crippen LogP contribution in [-0.2, 0) is 20.7 Å². The summed E-state index contributed by atoms with van der Waals surface area (Å²) in [5.41, 5.74) is 1.61. The molecule has 154 valence electrons. The van der Waals surface area contributed by atoms with E-state index >= 15 is 0 Å². The first-order chi connectivity index (χ1) is 14.1. The van der Waals surface area contributed by atoms with Crippen molar-refractivity contribution in [2.24, 2.45) is 0 Å². The fraction of sp³-hybridized carbons (Fsp3) is 0.318. The summed E-state index contributed by atoms with van der Waals surface area (Å²) in [4.78, 5) is 35.4. The molecule has 0 atom stereocenters. The minimum absolute atomic E-state index is 0.312. The van der Waals surface area contributed by atoms with Crippen LogP contribution in [-0.4, -0.2) is 44.1 Å². The van der Waals surface area contributed by atoms with E-state index in [2.05, 4.69) is 10.6 Å². The van der Waals surface area contributed by atoms with Gasteiger partial charge in [0.1, 0.15) is 12.3 Å². The first-order valence-corrected chi connectivity index (χ1v) is 9.55. The first kappa shape index (κ1) is 21.9. The van der Waals surface area contributed by atoms with Gasteiger partial charge in [0.25, 0.3) is 11.8 Å². The van der Waals surface area contributed by atoms with Gasteiger partial charge in [-0.1, -0.05) is 30.3 Å². The maximum atomic E-state index is 12.0. The summed E-state index contributed by atoms with van der Waals surface area (Å²) in [5.74, 6) is -0.790. The Morgan fingerprint density at radius 1 is 0.931 bits per heavy atom. The molecule has 0 saturated heterocycles. The third-order valence-electron chi connectivity index (χ3n) is 3.99. The molecule has 0 aromatic heterocycles. The van der Waals surface area contributed by atoms with Crippen LogP contribution in [0.15, 0.2) is 54.6 Å². The Morgan fingerprint density at radius 3 is 2.34 bits per heavy atom. The van der Waals surface area contributed by atoms with Crippen LogP contribution in [0.4, 0.5) is 0 Å². The van der Waals surface area contributed by atoms with E-state index in [0.29, 0.717) is 24.5 Å².